The second-order valence-corrected chi connectivity index (χ2v) is 5.86. The molecule has 0 aliphatic carbocycles. The molecule has 2 fully saturated rings. The van der Waals surface area contributed by atoms with Crippen molar-refractivity contribution in [2.45, 2.75) is 11.1 Å². The van der Waals surface area contributed by atoms with Crippen LogP contribution in [0.5, 0.6) is 0 Å². The van der Waals surface area contributed by atoms with Crippen LogP contribution in [-0.2, 0) is 19.1 Å². The lowest BCUT2D eigenvalue weighted by molar-refractivity contribution is -0.142. The maximum atomic E-state index is 11.3. The van der Waals surface area contributed by atoms with Gasteiger partial charge in [-0.1, -0.05) is 0 Å². The summed E-state index contributed by atoms with van der Waals surface area (Å²) in [5.41, 5.74) is -0.629. The van der Waals surface area contributed by atoms with E-state index in [4.69, 9.17) is 9.47 Å². The monoisotopic (exact) mass is 290 g/mol. The highest BCUT2D eigenvalue weighted by Crippen LogP contribution is 2.16. The molecule has 0 aromatic carbocycles. The molecule has 2 unspecified atom stereocenters. The Morgan fingerprint density at radius 1 is 0.944 bits per heavy atom. The predicted octanol–water partition coefficient (Wildman–Crippen LogP) is -0.131. The average molecular weight is 290 g/mol. The normalized spacial score (nSPS) is 27.6. The third-order valence-corrected chi connectivity index (χ3v) is 4.18. The number of carbonyl (C=O) groups excluding carboxylic acids is 2. The minimum absolute atomic E-state index is 0.315. The van der Waals surface area contributed by atoms with E-state index in [0.29, 0.717) is 0 Å². The molecule has 2 heterocycles. The van der Waals surface area contributed by atoms with Crippen LogP contribution in [0.3, 0.4) is 0 Å². The van der Waals surface area contributed by atoms with Gasteiger partial charge >= 0.3 is 11.9 Å². The minimum Gasteiger partial charge on any atom is -0.434 e. The van der Waals surface area contributed by atoms with Gasteiger partial charge in [-0.2, -0.15) is 0 Å². The van der Waals surface area contributed by atoms with Gasteiger partial charge in [-0.15, -0.1) is 23.5 Å². The van der Waals surface area contributed by atoms with Crippen molar-refractivity contribution >= 4 is 35.5 Å². The number of hydrogen-bond acceptors (Lipinski definition) is 8. The van der Waals surface area contributed by atoms with E-state index in [0.717, 1.165) is 36.7 Å². The van der Waals surface area contributed by atoms with E-state index in [-0.39, 0.29) is 11.1 Å². The van der Waals surface area contributed by atoms with Crippen LogP contribution in [0.25, 0.3) is 0 Å². The summed E-state index contributed by atoms with van der Waals surface area (Å²) in [7, 11) is 0. The first kappa shape index (κ1) is 13.7. The van der Waals surface area contributed by atoms with E-state index >= 15 is 0 Å². The van der Waals surface area contributed by atoms with Gasteiger partial charge in [0.15, 0.2) is 0 Å². The zero-order valence-electron chi connectivity index (χ0n) is 9.59. The number of nitrogens with one attached hydrogen (secondary N) is 2. The zero-order chi connectivity index (χ0) is 12.8. The van der Waals surface area contributed by atoms with Crippen molar-refractivity contribution in [2.24, 2.45) is 0 Å². The summed E-state index contributed by atoms with van der Waals surface area (Å²) in [6.45, 7) is 1.64. The van der Waals surface area contributed by atoms with Crippen molar-refractivity contribution < 1.29 is 19.1 Å². The second-order valence-electron chi connectivity index (χ2n) is 3.52. The van der Waals surface area contributed by atoms with Crippen LogP contribution in [0.4, 0.5) is 0 Å². The molecule has 0 aromatic heterocycles. The maximum Gasteiger partial charge on any atom is 0.333 e. The summed E-state index contributed by atoms with van der Waals surface area (Å²) < 4.78 is 10.1. The summed E-state index contributed by atoms with van der Waals surface area (Å²) in [6.07, 6.45) is 2.17. The van der Waals surface area contributed by atoms with E-state index in [2.05, 4.69) is 10.6 Å². The minimum atomic E-state index is -0.550. The molecule has 2 N–H and O–H groups in total. The van der Waals surface area contributed by atoms with Crippen molar-refractivity contribution in [1.82, 2.24) is 10.6 Å². The van der Waals surface area contributed by atoms with Crippen LogP contribution in [0, 0.1) is 0 Å². The summed E-state index contributed by atoms with van der Waals surface area (Å²) in [4.78, 5) is 22.7. The quantitative estimate of drug-likeness (QED) is 0.548. The lowest BCUT2D eigenvalue weighted by Gasteiger charge is -2.09. The molecule has 0 saturated carbocycles. The lowest BCUT2D eigenvalue weighted by atomic mass is 10.5. The summed E-state index contributed by atoms with van der Waals surface area (Å²) in [6, 6.07) is 0. The molecule has 8 heteroatoms. The van der Waals surface area contributed by atoms with Gasteiger partial charge < -0.3 is 9.47 Å². The number of hydrogen-bond donors (Lipinski definition) is 2. The first-order valence-electron chi connectivity index (χ1n) is 5.53. The van der Waals surface area contributed by atoms with Crippen LogP contribution in [0.2, 0.25) is 0 Å². The van der Waals surface area contributed by atoms with Gasteiger partial charge in [0, 0.05) is 36.7 Å². The van der Waals surface area contributed by atoms with Gasteiger partial charge in [0.05, 0.1) is 0 Å². The standard InChI is InChI=1S/C10H14N2O4S2/c13-7(15-9-11-3-5-17-9)1-2-8(14)16-10-12-4-6-18-10/h1-2,9-12H,3-6H2/b2-1+. The van der Waals surface area contributed by atoms with Crippen LogP contribution < -0.4 is 10.6 Å². The Balaban J connectivity index is 1.68. The number of esters is 2. The molecule has 100 valence electrons. The van der Waals surface area contributed by atoms with Crippen LogP contribution in [0.1, 0.15) is 0 Å². The molecular weight excluding hydrogens is 276 g/mol. The highest BCUT2D eigenvalue weighted by atomic mass is 32.2. The lowest BCUT2D eigenvalue weighted by Crippen LogP contribution is -2.26. The molecule has 2 atom stereocenters. The molecule has 0 bridgehead atoms. The van der Waals surface area contributed by atoms with Gasteiger partial charge in [-0.25, -0.2) is 9.59 Å². The van der Waals surface area contributed by atoms with Crippen LogP contribution in [-0.4, -0.2) is 47.7 Å². The Kier molecular flexibility index (Phi) is 5.36. The smallest absolute Gasteiger partial charge is 0.333 e. The van der Waals surface area contributed by atoms with E-state index in [1.165, 1.54) is 23.5 Å². The summed E-state index contributed by atoms with van der Waals surface area (Å²) in [5, 5.41) is 5.98. The van der Waals surface area contributed by atoms with Crippen molar-refractivity contribution in [3.05, 3.63) is 12.2 Å². The first-order chi connectivity index (χ1) is 8.74. The molecule has 2 rings (SSSR count). The predicted molar refractivity (Wildman–Crippen MR) is 69.8 cm³/mol. The fraction of sp³-hybridized carbons (Fsp3) is 0.600. The van der Waals surface area contributed by atoms with Crippen LogP contribution in [0.15, 0.2) is 12.2 Å². The first-order valence-corrected chi connectivity index (χ1v) is 7.63. The number of ether oxygens (including phenoxy) is 2. The number of carbonyl (C=O) groups is 2. The fourth-order valence-electron chi connectivity index (χ4n) is 1.38. The molecule has 6 nitrogen and oxygen atoms in total. The fourth-order valence-corrected chi connectivity index (χ4v) is 3.08. The van der Waals surface area contributed by atoms with Crippen LogP contribution >= 0.6 is 23.5 Å². The molecule has 0 spiro atoms. The number of thioether (sulfide) groups is 2. The van der Waals surface area contributed by atoms with Gasteiger partial charge in [0.1, 0.15) is 0 Å². The molecule has 18 heavy (non-hydrogen) atoms. The molecular formula is C10H14N2O4S2. The van der Waals surface area contributed by atoms with Gasteiger partial charge in [-0.05, 0) is 0 Å². The van der Waals surface area contributed by atoms with E-state index in [9.17, 15) is 9.59 Å². The Hall–Kier alpha value is -0.700. The Morgan fingerprint density at radius 3 is 1.72 bits per heavy atom. The third kappa shape index (κ3) is 4.52. The van der Waals surface area contributed by atoms with Gasteiger partial charge in [-0.3, -0.25) is 10.6 Å². The molecule has 0 aromatic rings. The Morgan fingerprint density at radius 2 is 1.39 bits per heavy atom. The summed E-state index contributed by atoms with van der Waals surface area (Å²) >= 11 is 3.03. The Bertz CT molecular complexity index is 307. The van der Waals surface area contributed by atoms with E-state index in [1.54, 1.807) is 0 Å². The van der Waals surface area contributed by atoms with Crippen molar-refractivity contribution in [3.63, 3.8) is 0 Å². The highest BCUT2D eigenvalue weighted by Gasteiger charge is 2.19. The van der Waals surface area contributed by atoms with Gasteiger partial charge in [0.25, 0.3) is 0 Å². The molecule has 2 saturated heterocycles. The Labute approximate surface area is 113 Å². The third-order valence-electron chi connectivity index (χ3n) is 2.17. The van der Waals surface area contributed by atoms with Crippen molar-refractivity contribution in [1.29, 1.82) is 0 Å². The average Bonchev–Trinajstić information content (AvgIpc) is 2.99. The topological polar surface area (TPSA) is 76.7 Å². The molecule has 2 aliphatic rings. The highest BCUT2D eigenvalue weighted by molar-refractivity contribution is 8.00. The molecule has 0 amide bonds. The summed E-state index contributed by atoms with van der Waals surface area (Å²) in [5.74, 6) is 0.722. The van der Waals surface area contributed by atoms with Gasteiger partial charge in [0.2, 0.25) is 11.1 Å². The van der Waals surface area contributed by atoms with Crippen molar-refractivity contribution in [2.75, 3.05) is 24.6 Å². The van der Waals surface area contributed by atoms with E-state index in [1.807, 2.05) is 0 Å². The molecule has 2 aliphatic heterocycles. The number of rotatable bonds is 4. The van der Waals surface area contributed by atoms with Crippen molar-refractivity contribution in [3.8, 4) is 0 Å². The maximum absolute atomic E-state index is 11.3. The van der Waals surface area contributed by atoms with E-state index < -0.39 is 11.9 Å². The SMILES string of the molecule is O=C(/C=C/C(=O)OC1NCCS1)OC1NCCS1. The largest absolute Gasteiger partial charge is 0.434 e. The zero-order valence-corrected chi connectivity index (χ0v) is 11.2. The second kappa shape index (κ2) is 7.03. The molecule has 0 radical (unpaired) electrons.